The van der Waals surface area contributed by atoms with E-state index in [-0.39, 0.29) is 11.6 Å². The molecule has 0 radical (unpaired) electrons. The molecule has 0 amide bonds. The Balaban J connectivity index is 2.73. The van der Waals surface area contributed by atoms with Crippen molar-refractivity contribution in [3.8, 4) is 0 Å². The molecule has 2 heterocycles. The summed E-state index contributed by atoms with van der Waals surface area (Å²) in [5, 5.41) is 0. The molecule has 0 unspecified atom stereocenters. The van der Waals surface area contributed by atoms with Crippen LogP contribution in [0.2, 0.25) is 29.6 Å². The molecule has 0 atom stereocenters. The van der Waals surface area contributed by atoms with Gasteiger partial charge < -0.3 is 0 Å². The van der Waals surface area contributed by atoms with Gasteiger partial charge >= 0.3 is 125 Å². The molecule has 0 saturated heterocycles. The first-order chi connectivity index (χ1) is 8.03. The van der Waals surface area contributed by atoms with Crippen LogP contribution in [0.25, 0.3) is 9.40 Å². The van der Waals surface area contributed by atoms with Crippen LogP contribution in [0.1, 0.15) is 0 Å². The third kappa shape index (κ3) is 2.63. The van der Waals surface area contributed by atoms with E-state index in [4.69, 9.17) is 0 Å². The molecule has 0 fully saturated rings. The van der Waals surface area contributed by atoms with E-state index in [9.17, 15) is 8.78 Å². The number of hydrogen-bond donors (Lipinski definition) is 0. The summed E-state index contributed by atoms with van der Waals surface area (Å²) in [6.07, 6.45) is 0. The third-order valence-electron chi connectivity index (χ3n) is 2.77. The number of hydrogen-bond acceptors (Lipinski definition) is 2. The Labute approximate surface area is 123 Å². The average Bonchev–Trinajstić information content (AvgIpc) is 2.64. The second-order valence-corrected chi connectivity index (χ2v) is 39.3. The summed E-state index contributed by atoms with van der Waals surface area (Å²) in [5.41, 5.74) is 0. The minimum atomic E-state index is -2.45. The van der Waals surface area contributed by atoms with Crippen molar-refractivity contribution in [3.63, 3.8) is 0 Å². The molecule has 0 nitrogen and oxygen atoms in total. The van der Waals surface area contributed by atoms with Gasteiger partial charge in [-0.1, -0.05) is 0 Å². The molecule has 0 saturated carbocycles. The van der Waals surface area contributed by atoms with Crippen molar-refractivity contribution in [2.75, 3.05) is 0 Å². The summed E-state index contributed by atoms with van der Waals surface area (Å²) in [5.74, 6) is -0.215. The van der Waals surface area contributed by atoms with Crippen molar-refractivity contribution in [3.05, 3.63) is 11.6 Å². The van der Waals surface area contributed by atoms with Crippen LogP contribution in [0, 0.1) is 11.6 Å². The monoisotopic (exact) mass is 504 g/mol. The summed E-state index contributed by atoms with van der Waals surface area (Å²) in [7, 11) is 0. The predicted molar refractivity (Wildman–Crippen MR) is 85.6 cm³/mol. The van der Waals surface area contributed by atoms with E-state index in [1.165, 1.54) is 22.7 Å². The van der Waals surface area contributed by atoms with Crippen molar-refractivity contribution in [2.45, 2.75) is 29.6 Å². The zero-order chi connectivity index (χ0) is 13.9. The van der Waals surface area contributed by atoms with E-state index < -0.39 is 36.8 Å². The maximum absolute atomic E-state index is 14.4. The Morgan fingerprint density at radius 1 is 0.667 bits per heavy atom. The average molecular weight is 502 g/mol. The normalized spacial score (nSPS) is 13.6. The molecular weight excluding hydrogens is 484 g/mol. The molecule has 0 spiro atoms. The Morgan fingerprint density at radius 2 is 0.944 bits per heavy atom. The van der Waals surface area contributed by atoms with Crippen LogP contribution in [0.3, 0.4) is 0 Å². The number of rotatable bonds is 2. The standard InChI is InChI=1S/C6F2S2.6CH3.2Sn/c7-3-1-9-6-4(8)2-10-5(3)6;;;;;;;;/h;6*1H3;;. The van der Waals surface area contributed by atoms with Crippen LogP contribution in [0.15, 0.2) is 0 Å². The molecule has 2 rings (SSSR count). The summed E-state index contributed by atoms with van der Waals surface area (Å²) >= 11 is -2.14. The van der Waals surface area contributed by atoms with Crippen LogP contribution in [-0.2, 0) is 0 Å². The third-order valence-corrected chi connectivity index (χ3v) is 23.8. The fourth-order valence-corrected chi connectivity index (χ4v) is 16.4. The van der Waals surface area contributed by atoms with Gasteiger partial charge in [-0.3, -0.25) is 0 Å². The fraction of sp³-hybridized carbons (Fsp3) is 0.500. The topological polar surface area (TPSA) is 0 Å². The van der Waals surface area contributed by atoms with Crippen molar-refractivity contribution in [1.82, 2.24) is 0 Å². The van der Waals surface area contributed by atoms with Gasteiger partial charge in [-0.05, 0) is 0 Å². The molecule has 2 aromatic heterocycles. The number of halogens is 2. The van der Waals surface area contributed by atoms with E-state index in [1.807, 2.05) is 0 Å². The maximum atomic E-state index is 14.4. The summed E-state index contributed by atoms with van der Waals surface area (Å²) in [6.45, 7) is 0. The van der Waals surface area contributed by atoms with Crippen LogP contribution in [0.4, 0.5) is 8.78 Å². The Morgan fingerprint density at radius 3 is 1.17 bits per heavy atom. The number of fused-ring (bicyclic) bond motifs is 1. The number of thiophene rings is 2. The first-order valence-corrected chi connectivity index (χ1v) is 27.6. The molecule has 0 aromatic carbocycles. The predicted octanol–water partition coefficient (Wildman–Crippen LogP) is 4.33. The molecule has 0 bridgehead atoms. The van der Waals surface area contributed by atoms with Gasteiger partial charge in [0.15, 0.2) is 0 Å². The quantitative estimate of drug-likeness (QED) is 0.538. The van der Waals surface area contributed by atoms with Crippen molar-refractivity contribution in [1.29, 1.82) is 0 Å². The Bertz CT molecular complexity index is 546. The van der Waals surface area contributed by atoms with E-state index in [0.29, 0.717) is 9.40 Å². The summed E-state index contributed by atoms with van der Waals surface area (Å²) < 4.78 is 31.8. The van der Waals surface area contributed by atoms with E-state index in [0.717, 1.165) is 5.79 Å². The van der Waals surface area contributed by atoms with Gasteiger partial charge in [0.1, 0.15) is 0 Å². The second kappa shape index (κ2) is 4.84. The van der Waals surface area contributed by atoms with Crippen LogP contribution in [-0.4, -0.2) is 36.8 Å². The summed E-state index contributed by atoms with van der Waals surface area (Å²) in [6, 6.07) is 0. The van der Waals surface area contributed by atoms with Gasteiger partial charge in [-0.25, -0.2) is 0 Å². The molecule has 0 aliphatic rings. The van der Waals surface area contributed by atoms with Crippen LogP contribution >= 0.6 is 22.7 Å². The van der Waals surface area contributed by atoms with Crippen LogP contribution in [0.5, 0.6) is 0 Å². The van der Waals surface area contributed by atoms with Gasteiger partial charge in [0.25, 0.3) is 0 Å². The van der Waals surface area contributed by atoms with E-state index in [1.54, 1.807) is 0 Å². The van der Waals surface area contributed by atoms with Crippen LogP contribution < -0.4 is 5.79 Å². The van der Waals surface area contributed by atoms with Gasteiger partial charge in [0.2, 0.25) is 0 Å². The summed E-state index contributed by atoms with van der Waals surface area (Å²) in [4.78, 5) is 13.1. The molecule has 0 aliphatic carbocycles. The SMILES string of the molecule is [CH3][Sn]([CH3])([CH3])[c]1sc2c(F)[c]([Sn]([CH3])([CH3])[CH3])sc2c1F. The Kier molecular flexibility index (Phi) is 4.17. The van der Waals surface area contributed by atoms with Crippen molar-refractivity contribution >= 4 is 74.6 Å². The van der Waals surface area contributed by atoms with E-state index in [2.05, 4.69) is 29.6 Å². The first-order valence-electron chi connectivity index (χ1n) is 5.94. The van der Waals surface area contributed by atoms with Gasteiger partial charge in [0.05, 0.1) is 0 Å². The first kappa shape index (κ1) is 15.5. The van der Waals surface area contributed by atoms with Gasteiger partial charge in [0, 0.05) is 0 Å². The zero-order valence-electron chi connectivity index (χ0n) is 11.6. The van der Waals surface area contributed by atoms with Crippen molar-refractivity contribution in [2.24, 2.45) is 0 Å². The minimum absolute atomic E-state index is 0.107. The Hall–Kier alpha value is 1.12. The van der Waals surface area contributed by atoms with Crippen molar-refractivity contribution < 1.29 is 8.78 Å². The van der Waals surface area contributed by atoms with Gasteiger partial charge in [-0.2, -0.15) is 0 Å². The van der Waals surface area contributed by atoms with Gasteiger partial charge in [-0.15, -0.1) is 0 Å². The molecule has 100 valence electrons. The molecule has 0 aliphatic heterocycles. The van der Waals surface area contributed by atoms with E-state index >= 15 is 0 Å². The molecule has 6 heteroatoms. The molecule has 0 N–H and O–H groups in total. The fourth-order valence-electron chi connectivity index (χ4n) is 1.85. The molecule has 2 aromatic rings. The molecule has 18 heavy (non-hydrogen) atoms. The molecular formula is C12H18F2S2Sn2. The zero-order valence-corrected chi connectivity index (χ0v) is 18.9. The second-order valence-electron chi connectivity index (χ2n) is 6.65.